The highest BCUT2D eigenvalue weighted by molar-refractivity contribution is 6.33. The van der Waals surface area contributed by atoms with Crippen LogP contribution in [0, 0.1) is 0 Å². The molecule has 3 aromatic carbocycles. The Morgan fingerprint density at radius 1 is 0.966 bits per heavy atom. The van der Waals surface area contributed by atoms with E-state index in [9.17, 15) is 0 Å². The summed E-state index contributed by atoms with van der Waals surface area (Å²) in [5.74, 6) is 0.761. The first-order valence-corrected chi connectivity index (χ1v) is 10.1. The van der Waals surface area contributed by atoms with Gasteiger partial charge in [0.2, 0.25) is 0 Å². The summed E-state index contributed by atoms with van der Waals surface area (Å²) in [4.78, 5) is 7.96. The van der Waals surface area contributed by atoms with Crippen LogP contribution >= 0.6 is 11.6 Å². The summed E-state index contributed by atoms with van der Waals surface area (Å²) in [6.07, 6.45) is 2.87. The topological polar surface area (TPSA) is 52.7 Å². The van der Waals surface area contributed by atoms with Gasteiger partial charge in [-0.05, 0) is 53.9 Å². The molecule has 0 spiro atoms. The number of anilines is 2. The summed E-state index contributed by atoms with van der Waals surface area (Å²) in [5, 5.41) is 7.68. The molecule has 5 heteroatoms. The van der Waals surface area contributed by atoms with Crippen molar-refractivity contribution in [3.05, 3.63) is 89.1 Å². The van der Waals surface area contributed by atoms with Crippen molar-refractivity contribution in [2.45, 2.75) is 13.0 Å². The van der Waals surface area contributed by atoms with Gasteiger partial charge >= 0.3 is 0 Å². The minimum absolute atomic E-state index is 0.670. The Hall–Kier alpha value is -3.08. The zero-order valence-corrected chi connectivity index (χ0v) is 16.6. The highest BCUT2D eigenvalue weighted by Crippen LogP contribution is 2.33. The molecule has 4 aromatic rings. The van der Waals surface area contributed by atoms with E-state index in [0.717, 1.165) is 53.5 Å². The van der Waals surface area contributed by atoms with Gasteiger partial charge in [-0.15, -0.1) is 0 Å². The molecule has 1 aromatic heterocycles. The quantitative estimate of drug-likeness (QED) is 0.406. The van der Waals surface area contributed by atoms with E-state index in [1.54, 1.807) is 0 Å². The van der Waals surface area contributed by atoms with E-state index < -0.39 is 0 Å². The van der Waals surface area contributed by atoms with Crippen molar-refractivity contribution < 1.29 is 0 Å². The number of fused-ring (bicyclic) bond motifs is 1. The predicted octanol–water partition coefficient (Wildman–Crippen LogP) is 5.79. The molecule has 29 heavy (non-hydrogen) atoms. The lowest BCUT2D eigenvalue weighted by Crippen LogP contribution is -2.24. The third-order valence-electron chi connectivity index (χ3n) is 5.30. The van der Waals surface area contributed by atoms with Crippen molar-refractivity contribution in [1.29, 1.82) is 0 Å². The predicted molar refractivity (Wildman–Crippen MR) is 120 cm³/mol. The minimum Gasteiger partial charge on any atom is -0.355 e. The smallest absolute Gasteiger partial charge is 0.139 e. The molecular formula is C24H21ClN4. The summed E-state index contributed by atoms with van der Waals surface area (Å²) in [5.41, 5.74) is 7.84. The van der Waals surface area contributed by atoms with Gasteiger partial charge in [0.1, 0.15) is 5.82 Å². The van der Waals surface area contributed by atoms with Crippen LogP contribution in [0.3, 0.4) is 0 Å². The van der Waals surface area contributed by atoms with Crippen LogP contribution in [0.25, 0.3) is 22.6 Å². The van der Waals surface area contributed by atoms with Gasteiger partial charge in [-0.2, -0.15) is 0 Å². The Kier molecular flexibility index (Phi) is 4.80. The SMILES string of the molecule is Clc1ccc(Nc2cccc3c2CCNC3)cc1-c1ncc(-c2ccccc2)[nH]1. The molecule has 0 aliphatic carbocycles. The molecule has 1 aliphatic rings. The second kappa shape index (κ2) is 7.74. The van der Waals surface area contributed by atoms with Gasteiger partial charge in [-0.3, -0.25) is 0 Å². The van der Waals surface area contributed by atoms with Crippen molar-refractivity contribution in [2.24, 2.45) is 0 Å². The molecule has 4 nitrogen and oxygen atoms in total. The molecular weight excluding hydrogens is 380 g/mol. The minimum atomic E-state index is 0.670. The number of benzene rings is 3. The Bertz CT molecular complexity index is 1150. The molecule has 0 amide bonds. The van der Waals surface area contributed by atoms with Crippen LogP contribution in [0.15, 0.2) is 72.9 Å². The average Bonchev–Trinajstić information content (AvgIpc) is 3.26. The average molecular weight is 401 g/mol. The first kappa shape index (κ1) is 18.0. The van der Waals surface area contributed by atoms with Gasteiger partial charge in [0.15, 0.2) is 0 Å². The van der Waals surface area contributed by atoms with Crippen LogP contribution < -0.4 is 10.6 Å². The molecule has 0 saturated heterocycles. The third-order valence-corrected chi connectivity index (χ3v) is 5.63. The monoisotopic (exact) mass is 400 g/mol. The molecule has 5 rings (SSSR count). The van der Waals surface area contributed by atoms with Crippen molar-refractivity contribution in [2.75, 3.05) is 11.9 Å². The fourth-order valence-corrected chi connectivity index (χ4v) is 4.02. The number of nitrogens with zero attached hydrogens (tertiary/aromatic N) is 1. The van der Waals surface area contributed by atoms with Gasteiger partial charge < -0.3 is 15.6 Å². The summed E-state index contributed by atoms with van der Waals surface area (Å²) in [6.45, 7) is 1.93. The van der Waals surface area contributed by atoms with E-state index >= 15 is 0 Å². The third kappa shape index (κ3) is 3.65. The first-order chi connectivity index (χ1) is 14.3. The molecule has 2 heterocycles. The maximum Gasteiger partial charge on any atom is 0.139 e. The Morgan fingerprint density at radius 3 is 2.76 bits per heavy atom. The van der Waals surface area contributed by atoms with Gasteiger partial charge in [-0.25, -0.2) is 4.98 Å². The number of halogens is 1. The maximum absolute atomic E-state index is 6.51. The highest BCUT2D eigenvalue weighted by Gasteiger charge is 2.14. The maximum atomic E-state index is 6.51. The van der Waals surface area contributed by atoms with Crippen LogP contribution in [-0.4, -0.2) is 16.5 Å². The number of aromatic amines is 1. The molecule has 0 bridgehead atoms. The number of aromatic nitrogens is 2. The summed E-state index contributed by atoms with van der Waals surface area (Å²) >= 11 is 6.51. The molecule has 144 valence electrons. The standard InChI is InChI=1S/C24H21ClN4/c25-21-10-9-18(28-22-8-4-7-17-14-26-12-11-19(17)22)13-20(21)24-27-15-23(29-24)16-5-2-1-3-6-16/h1-10,13,15,26,28H,11-12,14H2,(H,27,29). The molecule has 0 saturated carbocycles. The van der Waals surface area contributed by atoms with E-state index in [-0.39, 0.29) is 0 Å². The Labute approximate surface area is 175 Å². The summed E-state index contributed by atoms with van der Waals surface area (Å²) in [7, 11) is 0. The Balaban J connectivity index is 1.47. The molecule has 0 radical (unpaired) electrons. The molecule has 3 N–H and O–H groups in total. The number of nitrogens with one attached hydrogen (secondary N) is 3. The molecule has 1 aliphatic heterocycles. The highest BCUT2D eigenvalue weighted by atomic mass is 35.5. The lowest BCUT2D eigenvalue weighted by atomic mass is 9.99. The van der Waals surface area contributed by atoms with Crippen LogP contribution in [0.5, 0.6) is 0 Å². The number of hydrogen-bond acceptors (Lipinski definition) is 3. The van der Waals surface area contributed by atoms with Gasteiger partial charge in [-0.1, -0.05) is 54.1 Å². The second-order valence-electron chi connectivity index (χ2n) is 7.20. The molecule has 0 unspecified atom stereocenters. The van der Waals surface area contributed by atoms with Crippen LogP contribution in [-0.2, 0) is 13.0 Å². The number of imidazole rings is 1. The van der Waals surface area contributed by atoms with E-state index in [1.165, 1.54) is 11.1 Å². The normalized spacial score (nSPS) is 13.1. The van der Waals surface area contributed by atoms with E-state index in [1.807, 2.05) is 36.5 Å². The lowest BCUT2D eigenvalue weighted by molar-refractivity contribution is 0.645. The zero-order chi connectivity index (χ0) is 19.6. The largest absolute Gasteiger partial charge is 0.355 e. The van der Waals surface area contributed by atoms with Crippen molar-refractivity contribution in [3.8, 4) is 22.6 Å². The fourth-order valence-electron chi connectivity index (χ4n) is 3.81. The van der Waals surface area contributed by atoms with Crippen molar-refractivity contribution in [1.82, 2.24) is 15.3 Å². The van der Waals surface area contributed by atoms with Crippen LogP contribution in [0.1, 0.15) is 11.1 Å². The number of hydrogen-bond donors (Lipinski definition) is 3. The first-order valence-electron chi connectivity index (χ1n) is 9.77. The Morgan fingerprint density at radius 2 is 1.86 bits per heavy atom. The van der Waals surface area contributed by atoms with Crippen molar-refractivity contribution in [3.63, 3.8) is 0 Å². The molecule has 0 fully saturated rings. The summed E-state index contributed by atoms with van der Waals surface area (Å²) in [6, 6.07) is 22.6. The summed E-state index contributed by atoms with van der Waals surface area (Å²) < 4.78 is 0. The van der Waals surface area contributed by atoms with E-state index in [4.69, 9.17) is 11.6 Å². The van der Waals surface area contributed by atoms with Gasteiger partial charge in [0.25, 0.3) is 0 Å². The number of H-pyrrole nitrogens is 1. The fraction of sp³-hybridized carbons (Fsp3) is 0.125. The second-order valence-corrected chi connectivity index (χ2v) is 7.61. The zero-order valence-electron chi connectivity index (χ0n) is 15.9. The van der Waals surface area contributed by atoms with E-state index in [0.29, 0.717) is 5.02 Å². The van der Waals surface area contributed by atoms with Crippen LogP contribution in [0.2, 0.25) is 5.02 Å². The van der Waals surface area contributed by atoms with Gasteiger partial charge in [0, 0.05) is 23.5 Å². The van der Waals surface area contributed by atoms with E-state index in [2.05, 4.69) is 57.0 Å². The van der Waals surface area contributed by atoms with Crippen LogP contribution in [0.4, 0.5) is 11.4 Å². The lowest BCUT2D eigenvalue weighted by Gasteiger charge is -2.21. The van der Waals surface area contributed by atoms with Gasteiger partial charge in [0.05, 0.1) is 16.9 Å². The molecule has 0 atom stereocenters. The van der Waals surface area contributed by atoms with Crippen molar-refractivity contribution >= 4 is 23.0 Å². The number of rotatable bonds is 4.